The van der Waals surface area contributed by atoms with Gasteiger partial charge in [0.1, 0.15) is 17.3 Å². The lowest BCUT2D eigenvalue weighted by molar-refractivity contribution is 0.406. The summed E-state index contributed by atoms with van der Waals surface area (Å²) in [5.74, 6) is 0.932. The van der Waals surface area contributed by atoms with Crippen molar-refractivity contribution in [3.05, 3.63) is 57.8 Å². The molecule has 106 valence electrons. The third kappa shape index (κ3) is 2.94. The van der Waals surface area contributed by atoms with Crippen LogP contribution in [0.5, 0.6) is 11.5 Å². The number of hydrogen-bond acceptors (Lipinski definition) is 3. The third-order valence-electron chi connectivity index (χ3n) is 3.06. The first kappa shape index (κ1) is 14.8. The van der Waals surface area contributed by atoms with E-state index in [1.54, 1.807) is 13.2 Å². The molecule has 0 fully saturated rings. The average Bonchev–Trinajstić information content (AvgIpc) is 2.46. The first-order valence-electron chi connectivity index (χ1n) is 5.99. The van der Waals surface area contributed by atoms with Gasteiger partial charge in [-0.25, -0.2) is 4.39 Å². The summed E-state index contributed by atoms with van der Waals surface area (Å²) in [7, 11) is 3.13. The van der Waals surface area contributed by atoms with Crippen LogP contribution in [-0.4, -0.2) is 14.2 Å². The van der Waals surface area contributed by atoms with E-state index < -0.39 is 6.04 Å². The summed E-state index contributed by atoms with van der Waals surface area (Å²) in [5, 5.41) is 0. The smallest absolute Gasteiger partial charge is 0.133 e. The maximum absolute atomic E-state index is 13.4. The SMILES string of the molecule is COc1ccc(C(N)c2cc(F)ccc2OC)cc1Br. The van der Waals surface area contributed by atoms with Gasteiger partial charge in [-0.3, -0.25) is 0 Å². The zero-order valence-corrected chi connectivity index (χ0v) is 12.8. The van der Waals surface area contributed by atoms with Gasteiger partial charge in [-0.05, 0) is 51.8 Å². The zero-order chi connectivity index (χ0) is 14.7. The fourth-order valence-electron chi connectivity index (χ4n) is 2.00. The van der Waals surface area contributed by atoms with Crippen molar-refractivity contribution in [2.75, 3.05) is 14.2 Å². The Kier molecular flexibility index (Phi) is 4.62. The maximum atomic E-state index is 13.4. The Labute approximate surface area is 125 Å². The largest absolute Gasteiger partial charge is 0.496 e. The highest BCUT2D eigenvalue weighted by Gasteiger charge is 2.16. The summed E-state index contributed by atoms with van der Waals surface area (Å²) in [4.78, 5) is 0. The molecule has 0 radical (unpaired) electrons. The van der Waals surface area contributed by atoms with Gasteiger partial charge in [-0.2, -0.15) is 0 Å². The van der Waals surface area contributed by atoms with E-state index in [1.807, 2.05) is 18.2 Å². The van der Waals surface area contributed by atoms with Crippen molar-refractivity contribution in [1.82, 2.24) is 0 Å². The number of halogens is 2. The predicted octanol–water partition coefficient (Wildman–Crippen LogP) is 3.65. The number of hydrogen-bond donors (Lipinski definition) is 1. The van der Waals surface area contributed by atoms with Crippen LogP contribution in [0.2, 0.25) is 0 Å². The Morgan fingerprint density at radius 1 is 1.05 bits per heavy atom. The van der Waals surface area contributed by atoms with Crippen LogP contribution >= 0.6 is 15.9 Å². The molecule has 2 aromatic rings. The topological polar surface area (TPSA) is 44.5 Å². The summed E-state index contributed by atoms with van der Waals surface area (Å²) in [6.07, 6.45) is 0. The lowest BCUT2D eigenvalue weighted by atomic mass is 9.98. The normalized spacial score (nSPS) is 12.1. The number of ether oxygens (including phenoxy) is 2. The molecule has 0 spiro atoms. The second-order valence-electron chi connectivity index (χ2n) is 4.26. The van der Waals surface area contributed by atoms with Crippen LogP contribution in [0.15, 0.2) is 40.9 Å². The van der Waals surface area contributed by atoms with Crippen LogP contribution < -0.4 is 15.2 Å². The second-order valence-corrected chi connectivity index (χ2v) is 5.11. The molecule has 1 atom stereocenters. The van der Waals surface area contributed by atoms with Crippen LogP contribution in [-0.2, 0) is 0 Å². The molecule has 3 nitrogen and oxygen atoms in total. The fourth-order valence-corrected chi connectivity index (χ4v) is 2.56. The van der Waals surface area contributed by atoms with Gasteiger partial charge in [0.15, 0.2) is 0 Å². The molecule has 0 bridgehead atoms. The summed E-state index contributed by atoms with van der Waals surface area (Å²) in [6, 6.07) is 9.34. The third-order valence-corrected chi connectivity index (χ3v) is 3.68. The first-order chi connectivity index (χ1) is 9.56. The Morgan fingerprint density at radius 3 is 2.30 bits per heavy atom. The quantitative estimate of drug-likeness (QED) is 0.924. The lowest BCUT2D eigenvalue weighted by Gasteiger charge is -2.17. The number of rotatable bonds is 4. The van der Waals surface area contributed by atoms with E-state index in [-0.39, 0.29) is 5.82 Å². The maximum Gasteiger partial charge on any atom is 0.133 e. The highest BCUT2D eigenvalue weighted by atomic mass is 79.9. The molecule has 0 saturated carbocycles. The van der Waals surface area contributed by atoms with Crippen LogP contribution in [0.4, 0.5) is 4.39 Å². The predicted molar refractivity (Wildman–Crippen MR) is 79.7 cm³/mol. The van der Waals surface area contributed by atoms with Gasteiger partial charge in [0.25, 0.3) is 0 Å². The monoisotopic (exact) mass is 339 g/mol. The molecule has 0 amide bonds. The van der Waals surface area contributed by atoms with Gasteiger partial charge < -0.3 is 15.2 Å². The Balaban J connectivity index is 2.43. The molecule has 2 aromatic carbocycles. The van der Waals surface area contributed by atoms with Crippen molar-refractivity contribution in [1.29, 1.82) is 0 Å². The molecule has 0 aromatic heterocycles. The van der Waals surface area contributed by atoms with E-state index in [4.69, 9.17) is 15.2 Å². The van der Waals surface area contributed by atoms with Gasteiger partial charge >= 0.3 is 0 Å². The number of benzene rings is 2. The molecule has 5 heteroatoms. The summed E-state index contributed by atoms with van der Waals surface area (Å²) in [6.45, 7) is 0. The molecule has 20 heavy (non-hydrogen) atoms. The molecule has 0 heterocycles. The minimum absolute atomic E-state index is 0.344. The second kappa shape index (κ2) is 6.24. The van der Waals surface area contributed by atoms with Gasteiger partial charge in [0, 0.05) is 5.56 Å². The van der Waals surface area contributed by atoms with Crippen molar-refractivity contribution in [2.45, 2.75) is 6.04 Å². The molecule has 0 aliphatic rings. The molecular formula is C15H15BrFNO2. The summed E-state index contributed by atoms with van der Waals surface area (Å²) in [5.41, 5.74) is 7.65. The van der Waals surface area contributed by atoms with E-state index in [1.165, 1.54) is 19.2 Å². The molecule has 0 saturated heterocycles. The molecule has 1 unspecified atom stereocenters. The van der Waals surface area contributed by atoms with E-state index in [9.17, 15) is 4.39 Å². The van der Waals surface area contributed by atoms with E-state index in [2.05, 4.69) is 15.9 Å². The van der Waals surface area contributed by atoms with Crippen LogP contribution in [0, 0.1) is 5.82 Å². The van der Waals surface area contributed by atoms with Gasteiger partial charge in [0.2, 0.25) is 0 Å². The van der Waals surface area contributed by atoms with Gasteiger partial charge in [-0.15, -0.1) is 0 Å². The van der Waals surface area contributed by atoms with Crippen molar-refractivity contribution in [2.24, 2.45) is 5.73 Å². The minimum Gasteiger partial charge on any atom is -0.496 e. The van der Waals surface area contributed by atoms with Gasteiger partial charge in [-0.1, -0.05) is 6.07 Å². The summed E-state index contributed by atoms with van der Waals surface area (Å²) < 4.78 is 24.6. The van der Waals surface area contributed by atoms with Crippen molar-refractivity contribution in [3.8, 4) is 11.5 Å². The number of methoxy groups -OCH3 is 2. The number of nitrogens with two attached hydrogens (primary N) is 1. The van der Waals surface area contributed by atoms with Crippen molar-refractivity contribution in [3.63, 3.8) is 0 Å². The standard InChI is InChI=1S/C15H15BrFNO2/c1-19-13-6-4-10(17)8-11(13)15(18)9-3-5-14(20-2)12(16)7-9/h3-8,15H,18H2,1-2H3. The Hall–Kier alpha value is -1.59. The van der Waals surface area contributed by atoms with Crippen LogP contribution in [0.3, 0.4) is 0 Å². The average molecular weight is 340 g/mol. The van der Waals surface area contributed by atoms with Crippen LogP contribution in [0.1, 0.15) is 17.2 Å². The van der Waals surface area contributed by atoms with E-state index in [0.29, 0.717) is 17.1 Å². The highest BCUT2D eigenvalue weighted by Crippen LogP contribution is 2.33. The van der Waals surface area contributed by atoms with Crippen molar-refractivity contribution < 1.29 is 13.9 Å². The minimum atomic E-state index is -0.483. The molecule has 2 N–H and O–H groups in total. The van der Waals surface area contributed by atoms with Gasteiger partial charge in [0.05, 0.1) is 24.7 Å². The van der Waals surface area contributed by atoms with Crippen molar-refractivity contribution >= 4 is 15.9 Å². The van der Waals surface area contributed by atoms with E-state index in [0.717, 1.165) is 10.0 Å². The molecule has 2 rings (SSSR count). The lowest BCUT2D eigenvalue weighted by Crippen LogP contribution is -2.13. The Morgan fingerprint density at radius 2 is 1.70 bits per heavy atom. The molecular weight excluding hydrogens is 325 g/mol. The summed E-state index contributed by atoms with van der Waals surface area (Å²) >= 11 is 3.41. The van der Waals surface area contributed by atoms with E-state index >= 15 is 0 Å². The zero-order valence-electron chi connectivity index (χ0n) is 11.2. The molecule has 0 aliphatic heterocycles. The molecule has 0 aliphatic carbocycles. The first-order valence-corrected chi connectivity index (χ1v) is 6.78. The van der Waals surface area contributed by atoms with Crippen LogP contribution in [0.25, 0.3) is 0 Å². The highest BCUT2D eigenvalue weighted by molar-refractivity contribution is 9.10. The fraction of sp³-hybridized carbons (Fsp3) is 0.200. The Bertz CT molecular complexity index is 619.